The Morgan fingerprint density at radius 2 is 2.18 bits per heavy atom. The molecule has 2 atom stereocenters. The summed E-state index contributed by atoms with van der Waals surface area (Å²) in [6.45, 7) is 10.9. The summed E-state index contributed by atoms with van der Waals surface area (Å²) < 4.78 is 5.84. The fraction of sp³-hybridized carbons (Fsp3) is 1.00. The van der Waals surface area contributed by atoms with Crippen molar-refractivity contribution in [2.75, 3.05) is 26.2 Å². The van der Waals surface area contributed by atoms with Crippen LogP contribution in [0.5, 0.6) is 0 Å². The maximum absolute atomic E-state index is 6.09. The van der Waals surface area contributed by atoms with Crippen LogP contribution in [0.3, 0.4) is 0 Å². The predicted molar refractivity (Wildman–Crippen MR) is 73.1 cm³/mol. The number of likely N-dealkylation sites (tertiary alicyclic amines) is 1. The van der Waals surface area contributed by atoms with Gasteiger partial charge in [-0.1, -0.05) is 20.8 Å². The summed E-state index contributed by atoms with van der Waals surface area (Å²) in [5.74, 6) is 0.590. The Labute approximate surface area is 107 Å². The average molecular weight is 242 g/mol. The van der Waals surface area contributed by atoms with E-state index in [1.165, 1.54) is 19.4 Å². The maximum Gasteiger partial charge on any atom is 0.0702 e. The topological polar surface area (TPSA) is 38.5 Å². The highest BCUT2D eigenvalue weighted by atomic mass is 16.5. The van der Waals surface area contributed by atoms with Crippen LogP contribution in [0.15, 0.2) is 0 Å². The van der Waals surface area contributed by atoms with Crippen molar-refractivity contribution in [1.82, 2.24) is 4.90 Å². The van der Waals surface area contributed by atoms with Crippen molar-refractivity contribution in [3.8, 4) is 0 Å². The zero-order valence-electron chi connectivity index (χ0n) is 11.8. The van der Waals surface area contributed by atoms with Gasteiger partial charge in [-0.2, -0.15) is 0 Å². The molecule has 0 amide bonds. The van der Waals surface area contributed by atoms with Crippen LogP contribution < -0.4 is 5.73 Å². The van der Waals surface area contributed by atoms with Crippen molar-refractivity contribution in [2.45, 2.75) is 58.6 Å². The number of nitrogens with zero attached hydrogens (tertiary/aromatic N) is 1. The first-order chi connectivity index (χ1) is 8.13. The number of hydrogen-bond acceptors (Lipinski definition) is 3. The molecule has 0 bridgehead atoms. The highest BCUT2D eigenvalue weighted by molar-refractivity contribution is 4.75. The molecule has 3 heteroatoms. The van der Waals surface area contributed by atoms with Crippen LogP contribution in [0.1, 0.15) is 46.5 Å². The molecule has 3 nitrogen and oxygen atoms in total. The summed E-state index contributed by atoms with van der Waals surface area (Å²) in [5, 5.41) is 0. The van der Waals surface area contributed by atoms with Crippen LogP contribution in [-0.4, -0.2) is 43.3 Å². The molecular formula is C14H30N2O. The molecule has 0 aromatic heterocycles. The van der Waals surface area contributed by atoms with Gasteiger partial charge in [0.25, 0.3) is 0 Å². The molecule has 0 spiro atoms. The van der Waals surface area contributed by atoms with Crippen LogP contribution in [0.4, 0.5) is 0 Å². The highest BCUT2D eigenvalue weighted by Gasteiger charge is 2.20. The van der Waals surface area contributed by atoms with E-state index in [-0.39, 0.29) is 0 Å². The van der Waals surface area contributed by atoms with Crippen molar-refractivity contribution in [3.63, 3.8) is 0 Å². The first-order valence-electron chi connectivity index (χ1n) is 7.23. The monoisotopic (exact) mass is 242 g/mol. The lowest BCUT2D eigenvalue weighted by Gasteiger charge is -2.33. The molecule has 2 unspecified atom stereocenters. The third-order valence-corrected chi connectivity index (χ3v) is 3.65. The second kappa shape index (κ2) is 8.06. The van der Waals surface area contributed by atoms with E-state index >= 15 is 0 Å². The lowest BCUT2D eigenvalue weighted by molar-refractivity contribution is -0.000862. The van der Waals surface area contributed by atoms with Crippen molar-refractivity contribution in [2.24, 2.45) is 11.7 Å². The van der Waals surface area contributed by atoms with Gasteiger partial charge in [0, 0.05) is 19.2 Å². The Kier molecular flexibility index (Phi) is 7.09. The lowest BCUT2D eigenvalue weighted by atomic mass is 10.0. The molecule has 0 radical (unpaired) electrons. The highest BCUT2D eigenvalue weighted by Crippen LogP contribution is 2.14. The third kappa shape index (κ3) is 5.84. The molecule has 17 heavy (non-hydrogen) atoms. The number of rotatable bonds is 7. The molecule has 1 aliphatic rings. The van der Waals surface area contributed by atoms with Gasteiger partial charge in [-0.3, -0.25) is 0 Å². The molecule has 0 saturated carbocycles. The summed E-state index contributed by atoms with van der Waals surface area (Å²) in [6.07, 6.45) is 5.18. The van der Waals surface area contributed by atoms with Gasteiger partial charge in [0.2, 0.25) is 0 Å². The molecule has 1 aliphatic heterocycles. The van der Waals surface area contributed by atoms with E-state index in [2.05, 4.69) is 25.7 Å². The van der Waals surface area contributed by atoms with Crippen molar-refractivity contribution in [1.29, 1.82) is 0 Å². The summed E-state index contributed by atoms with van der Waals surface area (Å²) in [7, 11) is 0. The fourth-order valence-electron chi connectivity index (χ4n) is 2.30. The molecule has 102 valence electrons. The number of hydrogen-bond donors (Lipinski definition) is 1. The van der Waals surface area contributed by atoms with E-state index in [4.69, 9.17) is 10.5 Å². The maximum atomic E-state index is 6.09. The van der Waals surface area contributed by atoms with E-state index in [1.54, 1.807) is 0 Å². The normalized spacial score (nSPS) is 24.2. The molecule has 1 heterocycles. The van der Waals surface area contributed by atoms with Gasteiger partial charge in [-0.15, -0.1) is 0 Å². The minimum absolute atomic E-state index is 0.340. The number of piperidine rings is 1. The fourth-order valence-corrected chi connectivity index (χ4v) is 2.30. The average Bonchev–Trinajstić information content (AvgIpc) is 2.33. The Balaban J connectivity index is 2.20. The summed E-state index contributed by atoms with van der Waals surface area (Å²) >= 11 is 0. The van der Waals surface area contributed by atoms with Gasteiger partial charge >= 0.3 is 0 Å². The smallest absolute Gasteiger partial charge is 0.0702 e. The van der Waals surface area contributed by atoms with Crippen molar-refractivity contribution < 1.29 is 4.74 Å². The van der Waals surface area contributed by atoms with E-state index < -0.39 is 0 Å². The van der Waals surface area contributed by atoms with Crippen molar-refractivity contribution in [3.05, 3.63) is 0 Å². The molecule has 2 N–H and O–H groups in total. The van der Waals surface area contributed by atoms with Crippen LogP contribution in [0.25, 0.3) is 0 Å². The molecule has 0 aromatic carbocycles. The first kappa shape index (κ1) is 14.9. The van der Waals surface area contributed by atoms with Crippen LogP contribution in [-0.2, 0) is 4.74 Å². The largest absolute Gasteiger partial charge is 0.377 e. The molecule has 1 fully saturated rings. The van der Waals surface area contributed by atoms with Crippen LogP contribution in [0.2, 0.25) is 0 Å². The zero-order chi connectivity index (χ0) is 12.7. The van der Waals surface area contributed by atoms with Crippen LogP contribution >= 0.6 is 0 Å². The zero-order valence-corrected chi connectivity index (χ0v) is 11.8. The second-order valence-electron chi connectivity index (χ2n) is 5.63. The SMILES string of the molecule is CCCOC1CCCN(CCC(N)C(C)C)C1. The van der Waals surface area contributed by atoms with Gasteiger partial charge in [0.05, 0.1) is 6.10 Å². The summed E-state index contributed by atoms with van der Waals surface area (Å²) in [5.41, 5.74) is 6.09. The summed E-state index contributed by atoms with van der Waals surface area (Å²) in [6, 6.07) is 0.340. The van der Waals surface area contributed by atoms with E-state index in [1.807, 2.05) is 0 Å². The summed E-state index contributed by atoms with van der Waals surface area (Å²) in [4.78, 5) is 2.52. The molecule has 1 rings (SSSR count). The van der Waals surface area contributed by atoms with Gasteiger partial charge in [-0.05, 0) is 44.7 Å². The van der Waals surface area contributed by atoms with E-state index in [0.717, 1.165) is 32.5 Å². The van der Waals surface area contributed by atoms with Crippen molar-refractivity contribution >= 4 is 0 Å². The quantitative estimate of drug-likeness (QED) is 0.744. The molecular weight excluding hydrogens is 212 g/mol. The first-order valence-corrected chi connectivity index (χ1v) is 7.23. The van der Waals surface area contributed by atoms with E-state index in [9.17, 15) is 0 Å². The number of nitrogens with two attached hydrogens (primary N) is 1. The molecule has 0 aromatic rings. The van der Waals surface area contributed by atoms with Gasteiger partial charge < -0.3 is 15.4 Å². The standard InChI is InChI=1S/C14H30N2O/c1-4-10-17-13-6-5-8-16(11-13)9-7-14(15)12(2)3/h12-14H,4-11,15H2,1-3H3. The molecule has 1 saturated heterocycles. The second-order valence-corrected chi connectivity index (χ2v) is 5.63. The number of ether oxygens (including phenoxy) is 1. The van der Waals surface area contributed by atoms with Gasteiger partial charge in [0.1, 0.15) is 0 Å². The minimum Gasteiger partial charge on any atom is -0.377 e. The Morgan fingerprint density at radius 1 is 1.41 bits per heavy atom. The predicted octanol–water partition coefficient (Wildman–Crippen LogP) is 2.25. The van der Waals surface area contributed by atoms with Gasteiger partial charge in [0.15, 0.2) is 0 Å². The molecule has 0 aliphatic carbocycles. The minimum atomic E-state index is 0.340. The van der Waals surface area contributed by atoms with E-state index in [0.29, 0.717) is 18.1 Å². The lowest BCUT2D eigenvalue weighted by Crippen LogP contribution is -2.42. The van der Waals surface area contributed by atoms with Crippen LogP contribution in [0, 0.1) is 5.92 Å². The Hall–Kier alpha value is -0.120. The van der Waals surface area contributed by atoms with Gasteiger partial charge in [-0.25, -0.2) is 0 Å². The third-order valence-electron chi connectivity index (χ3n) is 3.65. The Bertz CT molecular complexity index is 197. The Morgan fingerprint density at radius 3 is 2.82 bits per heavy atom.